The van der Waals surface area contributed by atoms with Crippen molar-refractivity contribution in [3.05, 3.63) is 65.7 Å². The molecule has 1 fully saturated rings. The van der Waals surface area contributed by atoms with Gasteiger partial charge >= 0.3 is 6.03 Å². The second-order valence-electron chi connectivity index (χ2n) is 6.15. The van der Waals surface area contributed by atoms with E-state index in [-0.39, 0.29) is 6.03 Å². The number of likely N-dealkylation sites (tertiary alicyclic amines) is 1. The molecule has 2 amide bonds. The van der Waals surface area contributed by atoms with Crippen molar-refractivity contribution in [1.82, 2.24) is 4.90 Å². The van der Waals surface area contributed by atoms with Crippen LogP contribution in [0.2, 0.25) is 0 Å². The molecule has 0 saturated carbocycles. The number of nitrogens with one attached hydrogen (secondary N) is 1. The molecule has 3 rings (SSSR count). The molecule has 0 aliphatic carbocycles. The van der Waals surface area contributed by atoms with Crippen LogP contribution in [-0.4, -0.2) is 24.0 Å². The average Bonchev–Trinajstić information content (AvgIpc) is 2.63. The Kier molecular flexibility index (Phi) is 4.96. The first-order chi connectivity index (χ1) is 11.3. The Morgan fingerprint density at radius 1 is 1.04 bits per heavy atom. The molecule has 1 aliphatic rings. The molecule has 1 saturated heterocycles. The molecule has 0 radical (unpaired) electrons. The summed E-state index contributed by atoms with van der Waals surface area (Å²) in [6, 6.07) is 18.7. The van der Waals surface area contributed by atoms with Gasteiger partial charge < -0.3 is 10.2 Å². The normalized spacial score (nSPS) is 15.4. The second kappa shape index (κ2) is 7.32. The fraction of sp³-hybridized carbons (Fsp3) is 0.350. The van der Waals surface area contributed by atoms with Crippen LogP contribution in [0.4, 0.5) is 10.5 Å². The van der Waals surface area contributed by atoms with E-state index in [4.69, 9.17) is 0 Å². The summed E-state index contributed by atoms with van der Waals surface area (Å²) >= 11 is 0. The Morgan fingerprint density at radius 2 is 1.70 bits per heavy atom. The fourth-order valence-electron chi connectivity index (χ4n) is 3.17. The molecule has 1 aliphatic heterocycles. The lowest BCUT2D eigenvalue weighted by Gasteiger charge is -2.32. The van der Waals surface area contributed by atoms with Crippen molar-refractivity contribution in [2.45, 2.75) is 32.1 Å². The van der Waals surface area contributed by atoms with Crippen LogP contribution in [0, 0.1) is 0 Å². The number of aryl methyl sites for hydroxylation is 1. The number of amides is 2. The number of hydrogen-bond acceptors (Lipinski definition) is 1. The third kappa shape index (κ3) is 3.92. The predicted octanol–water partition coefficient (Wildman–Crippen LogP) is 4.66. The van der Waals surface area contributed by atoms with Crippen LogP contribution in [0.25, 0.3) is 0 Å². The highest BCUT2D eigenvalue weighted by molar-refractivity contribution is 5.89. The first-order valence-electron chi connectivity index (χ1n) is 8.46. The van der Waals surface area contributed by atoms with Gasteiger partial charge in [0.1, 0.15) is 0 Å². The number of rotatable bonds is 3. The van der Waals surface area contributed by atoms with E-state index in [1.807, 2.05) is 17.0 Å². The molecule has 2 aromatic carbocycles. The van der Waals surface area contributed by atoms with Crippen LogP contribution in [0.1, 0.15) is 36.8 Å². The van der Waals surface area contributed by atoms with Crippen LogP contribution in [0.3, 0.4) is 0 Å². The zero-order chi connectivity index (χ0) is 16.1. The van der Waals surface area contributed by atoms with Gasteiger partial charge in [-0.05, 0) is 48.4 Å². The highest BCUT2D eigenvalue weighted by Gasteiger charge is 2.23. The molecule has 0 aromatic heterocycles. The van der Waals surface area contributed by atoms with Crippen molar-refractivity contribution in [2.24, 2.45) is 0 Å². The molecule has 0 bridgehead atoms. The van der Waals surface area contributed by atoms with Gasteiger partial charge in [-0.25, -0.2) is 4.79 Å². The molecule has 1 heterocycles. The monoisotopic (exact) mass is 308 g/mol. The van der Waals surface area contributed by atoms with E-state index >= 15 is 0 Å². The lowest BCUT2D eigenvalue weighted by atomic mass is 9.90. The van der Waals surface area contributed by atoms with Crippen molar-refractivity contribution in [3.8, 4) is 0 Å². The van der Waals surface area contributed by atoms with Gasteiger partial charge in [0.2, 0.25) is 0 Å². The maximum Gasteiger partial charge on any atom is 0.321 e. The third-order valence-corrected chi connectivity index (χ3v) is 4.67. The Hall–Kier alpha value is -2.29. The second-order valence-corrected chi connectivity index (χ2v) is 6.15. The minimum absolute atomic E-state index is 0.0146. The van der Waals surface area contributed by atoms with Gasteiger partial charge in [-0.2, -0.15) is 0 Å². The van der Waals surface area contributed by atoms with Crippen molar-refractivity contribution in [1.29, 1.82) is 0 Å². The Morgan fingerprint density at radius 3 is 2.30 bits per heavy atom. The largest absolute Gasteiger partial charge is 0.324 e. The number of urea groups is 1. The predicted molar refractivity (Wildman–Crippen MR) is 94.8 cm³/mol. The SMILES string of the molecule is CCc1ccc(NC(=O)N2CCC(c3ccccc3)CC2)cc1. The van der Waals surface area contributed by atoms with E-state index in [0.29, 0.717) is 5.92 Å². The molecule has 0 unspecified atom stereocenters. The number of anilines is 1. The van der Waals surface area contributed by atoms with Crippen molar-refractivity contribution < 1.29 is 4.79 Å². The van der Waals surface area contributed by atoms with E-state index in [2.05, 4.69) is 54.7 Å². The molecular formula is C20H24N2O. The fourth-order valence-corrected chi connectivity index (χ4v) is 3.17. The minimum Gasteiger partial charge on any atom is -0.324 e. The molecule has 0 atom stereocenters. The Bertz CT molecular complexity index is 628. The Labute approximate surface area is 138 Å². The highest BCUT2D eigenvalue weighted by atomic mass is 16.2. The van der Waals surface area contributed by atoms with E-state index < -0.39 is 0 Å². The molecule has 120 valence electrons. The molecule has 3 heteroatoms. The zero-order valence-electron chi connectivity index (χ0n) is 13.7. The third-order valence-electron chi connectivity index (χ3n) is 4.67. The summed E-state index contributed by atoms with van der Waals surface area (Å²) in [5.41, 5.74) is 3.55. The van der Waals surface area contributed by atoms with E-state index in [0.717, 1.165) is 38.0 Å². The summed E-state index contributed by atoms with van der Waals surface area (Å²) in [5, 5.41) is 3.00. The van der Waals surface area contributed by atoms with Gasteiger partial charge in [-0.3, -0.25) is 0 Å². The van der Waals surface area contributed by atoms with Crippen LogP contribution in [0.5, 0.6) is 0 Å². The first kappa shape index (κ1) is 15.6. The van der Waals surface area contributed by atoms with Crippen LogP contribution in [0.15, 0.2) is 54.6 Å². The summed E-state index contributed by atoms with van der Waals surface area (Å²) in [6.07, 6.45) is 3.08. The summed E-state index contributed by atoms with van der Waals surface area (Å²) in [4.78, 5) is 14.3. The summed E-state index contributed by atoms with van der Waals surface area (Å²) in [6.45, 7) is 3.77. The van der Waals surface area contributed by atoms with E-state index in [1.165, 1.54) is 11.1 Å². The van der Waals surface area contributed by atoms with Crippen LogP contribution >= 0.6 is 0 Å². The average molecular weight is 308 g/mol. The number of carbonyl (C=O) groups excluding carboxylic acids is 1. The topological polar surface area (TPSA) is 32.3 Å². The number of piperidine rings is 1. The van der Waals surface area contributed by atoms with Crippen molar-refractivity contribution in [3.63, 3.8) is 0 Å². The smallest absolute Gasteiger partial charge is 0.321 e. The minimum atomic E-state index is 0.0146. The molecular weight excluding hydrogens is 284 g/mol. The first-order valence-corrected chi connectivity index (χ1v) is 8.46. The van der Waals surface area contributed by atoms with E-state index in [9.17, 15) is 4.79 Å². The summed E-state index contributed by atoms with van der Waals surface area (Å²) < 4.78 is 0. The standard InChI is InChI=1S/C20H24N2O/c1-2-16-8-10-19(11-9-16)21-20(23)22-14-12-18(13-15-22)17-6-4-3-5-7-17/h3-11,18H,2,12-15H2,1H3,(H,21,23). The van der Waals surface area contributed by atoms with Gasteiger partial charge in [0, 0.05) is 18.8 Å². The number of carbonyl (C=O) groups is 1. The zero-order valence-corrected chi connectivity index (χ0v) is 13.7. The van der Waals surface area contributed by atoms with Gasteiger partial charge in [0.15, 0.2) is 0 Å². The number of nitrogens with zero attached hydrogens (tertiary/aromatic N) is 1. The lowest BCUT2D eigenvalue weighted by Crippen LogP contribution is -2.40. The highest BCUT2D eigenvalue weighted by Crippen LogP contribution is 2.28. The summed E-state index contributed by atoms with van der Waals surface area (Å²) in [5.74, 6) is 0.573. The Balaban J connectivity index is 1.53. The molecule has 1 N–H and O–H groups in total. The molecule has 23 heavy (non-hydrogen) atoms. The summed E-state index contributed by atoms with van der Waals surface area (Å²) in [7, 11) is 0. The maximum absolute atomic E-state index is 12.4. The molecule has 0 spiro atoms. The van der Waals surface area contributed by atoms with Crippen molar-refractivity contribution in [2.75, 3.05) is 18.4 Å². The molecule has 3 nitrogen and oxygen atoms in total. The lowest BCUT2D eigenvalue weighted by molar-refractivity contribution is 0.194. The van der Waals surface area contributed by atoms with Gasteiger partial charge in [0.05, 0.1) is 0 Å². The molecule has 2 aromatic rings. The number of benzene rings is 2. The van der Waals surface area contributed by atoms with Gasteiger partial charge in [0.25, 0.3) is 0 Å². The van der Waals surface area contributed by atoms with E-state index in [1.54, 1.807) is 0 Å². The number of hydrogen-bond donors (Lipinski definition) is 1. The maximum atomic E-state index is 12.4. The van der Waals surface area contributed by atoms with Gasteiger partial charge in [-0.15, -0.1) is 0 Å². The van der Waals surface area contributed by atoms with Gasteiger partial charge in [-0.1, -0.05) is 49.4 Å². The van der Waals surface area contributed by atoms with Crippen molar-refractivity contribution >= 4 is 11.7 Å². The van der Waals surface area contributed by atoms with Crippen LogP contribution < -0.4 is 5.32 Å². The van der Waals surface area contributed by atoms with Crippen LogP contribution in [-0.2, 0) is 6.42 Å². The quantitative estimate of drug-likeness (QED) is 0.878.